The van der Waals surface area contributed by atoms with Crippen molar-refractivity contribution < 1.29 is 9.90 Å². The van der Waals surface area contributed by atoms with Gasteiger partial charge in [0.25, 0.3) is 0 Å². The van der Waals surface area contributed by atoms with Gasteiger partial charge in [0.1, 0.15) is 0 Å². The van der Waals surface area contributed by atoms with Gasteiger partial charge in [-0.2, -0.15) is 0 Å². The number of hydrogen-bond acceptors (Lipinski definition) is 2. The van der Waals surface area contributed by atoms with Crippen LogP contribution in [0.5, 0.6) is 0 Å². The van der Waals surface area contributed by atoms with Gasteiger partial charge in [0.2, 0.25) is 0 Å². The van der Waals surface area contributed by atoms with Crippen LogP contribution in [0.3, 0.4) is 0 Å². The third kappa shape index (κ3) is 2.71. The lowest BCUT2D eigenvalue weighted by Crippen LogP contribution is -2.42. The molecule has 14 heavy (non-hydrogen) atoms. The van der Waals surface area contributed by atoms with E-state index < -0.39 is 5.97 Å². The van der Waals surface area contributed by atoms with Gasteiger partial charge in [-0.05, 0) is 32.2 Å². The molecule has 1 heterocycles. The molecule has 3 nitrogen and oxygen atoms in total. The van der Waals surface area contributed by atoms with E-state index >= 15 is 0 Å². The van der Waals surface area contributed by atoms with Crippen molar-refractivity contribution >= 4 is 5.97 Å². The quantitative estimate of drug-likeness (QED) is 0.752. The third-order valence-electron chi connectivity index (χ3n) is 3.18. The van der Waals surface area contributed by atoms with E-state index in [9.17, 15) is 4.79 Å². The molecule has 0 spiro atoms. The average molecular weight is 199 g/mol. The Kier molecular flexibility index (Phi) is 3.93. The number of hydrogen-bond donors (Lipinski definition) is 1. The highest BCUT2D eigenvalue weighted by molar-refractivity contribution is 5.67. The van der Waals surface area contributed by atoms with Crippen molar-refractivity contribution in [2.75, 3.05) is 6.54 Å². The van der Waals surface area contributed by atoms with E-state index in [-0.39, 0.29) is 12.5 Å². The highest BCUT2D eigenvalue weighted by atomic mass is 16.4. The molecule has 1 N–H and O–H groups in total. The first-order chi connectivity index (χ1) is 6.52. The Hall–Kier alpha value is -0.570. The van der Waals surface area contributed by atoms with Gasteiger partial charge in [0.05, 0.1) is 6.42 Å². The monoisotopic (exact) mass is 199 g/mol. The minimum absolute atomic E-state index is 0.213. The summed E-state index contributed by atoms with van der Waals surface area (Å²) in [5, 5.41) is 8.85. The second-order valence-electron chi connectivity index (χ2n) is 4.64. The van der Waals surface area contributed by atoms with Gasteiger partial charge in [-0.1, -0.05) is 13.8 Å². The molecule has 0 aromatic carbocycles. The topological polar surface area (TPSA) is 40.5 Å². The fourth-order valence-electron chi connectivity index (χ4n) is 2.36. The number of nitrogens with zero attached hydrogens (tertiary/aromatic N) is 1. The minimum Gasteiger partial charge on any atom is -0.481 e. The largest absolute Gasteiger partial charge is 0.481 e. The third-order valence-corrected chi connectivity index (χ3v) is 3.18. The first-order valence-corrected chi connectivity index (χ1v) is 5.50. The van der Waals surface area contributed by atoms with E-state index in [2.05, 4.69) is 25.7 Å². The average Bonchev–Trinajstić information content (AvgIpc) is 2.46. The maximum absolute atomic E-state index is 10.8. The Labute approximate surface area is 86.1 Å². The summed E-state index contributed by atoms with van der Waals surface area (Å²) < 4.78 is 0. The fourth-order valence-corrected chi connectivity index (χ4v) is 2.36. The Bertz CT molecular complexity index is 203. The van der Waals surface area contributed by atoms with E-state index in [0.29, 0.717) is 12.0 Å². The van der Waals surface area contributed by atoms with Crippen molar-refractivity contribution in [1.82, 2.24) is 4.90 Å². The highest BCUT2D eigenvalue weighted by Crippen LogP contribution is 2.25. The molecule has 1 saturated heterocycles. The zero-order valence-electron chi connectivity index (χ0n) is 9.36. The van der Waals surface area contributed by atoms with Crippen molar-refractivity contribution in [1.29, 1.82) is 0 Å². The van der Waals surface area contributed by atoms with Gasteiger partial charge in [0, 0.05) is 12.1 Å². The summed E-state index contributed by atoms with van der Waals surface area (Å²) >= 11 is 0. The van der Waals surface area contributed by atoms with Gasteiger partial charge in [0.15, 0.2) is 0 Å². The molecule has 1 rings (SSSR count). The van der Waals surface area contributed by atoms with Gasteiger partial charge in [-0.25, -0.2) is 0 Å². The summed E-state index contributed by atoms with van der Waals surface area (Å²) in [6.45, 7) is 7.48. The van der Waals surface area contributed by atoms with E-state index in [1.165, 1.54) is 12.8 Å². The summed E-state index contributed by atoms with van der Waals surface area (Å²) in [7, 11) is 0. The van der Waals surface area contributed by atoms with Crippen LogP contribution in [0.15, 0.2) is 0 Å². The van der Waals surface area contributed by atoms with Gasteiger partial charge >= 0.3 is 5.97 Å². The molecule has 2 unspecified atom stereocenters. The molecule has 0 radical (unpaired) electrons. The van der Waals surface area contributed by atoms with Crippen LogP contribution in [-0.2, 0) is 4.79 Å². The Balaban J connectivity index is 2.61. The molecule has 0 aliphatic carbocycles. The van der Waals surface area contributed by atoms with Crippen LogP contribution < -0.4 is 0 Å². The summed E-state index contributed by atoms with van der Waals surface area (Å²) in [4.78, 5) is 13.1. The van der Waals surface area contributed by atoms with E-state index in [1.807, 2.05) is 0 Å². The lowest BCUT2D eigenvalue weighted by Gasteiger charge is -2.33. The molecule has 1 aliphatic rings. The van der Waals surface area contributed by atoms with E-state index in [4.69, 9.17) is 5.11 Å². The number of carbonyl (C=O) groups is 1. The van der Waals surface area contributed by atoms with Crippen LogP contribution in [0.25, 0.3) is 0 Å². The molecule has 1 fully saturated rings. The molecule has 1 aliphatic heterocycles. The Morgan fingerprint density at radius 3 is 2.57 bits per heavy atom. The maximum Gasteiger partial charge on any atom is 0.304 e. The summed E-state index contributed by atoms with van der Waals surface area (Å²) in [5.41, 5.74) is 0. The van der Waals surface area contributed by atoms with Crippen LogP contribution in [0.4, 0.5) is 0 Å². The highest BCUT2D eigenvalue weighted by Gasteiger charge is 2.30. The van der Waals surface area contributed by atoms with Crippen LogP contribution in [-0.4, -0.2) is 34.6 Å². The molecular weight excluding hydrogens is 178 g/mol. The number of likely N-dealkylation sites (tertiary alicyclic amines) is 1. The molecule has 2 atom stereocenters. The molecule has 3 heteroatoms. The summed E-state index contributed by atoms with van der Waals surface area (Å²) in [6.07, 6.45) is 2.70. The predicted octanol–water partition coefficient (Wildman–Crippen LogP) is 1.97. The Morgan fingerprint density at radius 2 is 2.21 bits per heavy atom. The summed E-state index contributed by atoms with van der Waals surface area (Å²) in [5.74, 6) is -0.255. The smallest absolute Gasteiger partial charge is 0.304 e. The minimum atomic E-state index is -0.678. The van der Waals surface area contributed by atoms with E-state index in [1.54, 1.807) is 0 Å². The fraction of sp³-hybridized carbons (Fsp3) is 0.909. The number of aliphatic carboxylic acids is 1. The number of carboxylic acid groups (broad SMARTS) is 1. The van der Waals surface area contributed by atoms with E-state index in [0.717, 1.165) is 6.54 Å². The van der Waals surface area contributed by atoms with Gasteiger partial charge in [-0.15, -0.1) is 0 Å². The SMILES string of the molecule is CC(C)C(CC(=O)O)N1CCCC1C. The number of rotatable bonds is 4. The molecule has 0 aromatic rings. The lowest BCUT2D eigenvalue weighted by atomic mass is 9.98. The van der Waals surface area contributed by atoms with Crippen LogP contribution in [0.2, 0.25) is 0 Å². The van der Waals surface area contributed by atoms with Crippen molar-refractivity contribution in [2.45, 2.75) is 52.1 Å². The molecule has 82 valence electrons. The molecule has 0 aromatic heterocycles. The Morgan fingerprint density at radius 1 is 1.57 bits per heavy atom. The molecule has 0 saturated carbocycles. The number of carboxylic acids is 1. The maximum atomic E-state index is 10.8. The second-order valence-corrected chi connectivity index (χ2v) is 4.64. The van der Waals surface area contributed by atoms with Gasteiger partial charge < -0.3 is 5.11 Å². The predicted molar refractivity (Wildman–Crippen MR) is 56.3 cm³/mol. The lowest BCUT2D eigenvalue weighted by molar-refractivity contribution is -0.139. The van der Waals surface area contributed by atoms with Crippen LogP contribution in [0, 0.1) is 5.92 Å². The van der Waals surface area contributed by atoms with Crippen LogP contribution in [0.1, 0.15) is 40.0 Å². The van der Waals surface area contributed by atoms with Crippen molar-refractivity contribution in [3.05, 3.63) is 0 Å². The molecule has 0 amide bonds. The van der Waals surface area contributed by atoms with Crippen molar-refractivity contribution in [2.24, 2.45) is 5.92 Å². The first-order valence-electron chi connectivity index (χ1n) is 5.50. The second kappa shape index (κ2) is 4.78. The van der Waals surface area contributed by atoms with Crippen LogP contribution >= 0.6 is 0 Å². The van der Waals surface area contributed by atoms with Crippen molar-refractivity contribution in [3.8, 4) is 0 Å². The summed E-state index contributed by atoms with van der Waals surface area (Å²) in [6, 6.07) is 0.770. The standard InChI is InChI=1S/C11H21NO2/c1-8(2)10(7-11(13)14)12-6-4-5-9(12)3/h8-10H,4-7H2,1-3H3,(H,13,14). The zero-order valence-corrected chi connectivity index (χ0v) is 9.36. The first kappa shape index (κ1) is 11.5. The molecule has 0 bridgehead atoms. The van der Waals surface area contributed by atoms with Crippen molar-refractivity contribution in [3.63, 3.8) is 0 Å². The zero-order chi connectivity index (χ0) is 10.7. The van der Waals surface area contributed by atoms with Gasteiger partial charge in [-0.3, -0.25) is 9.69 Å². The normalized spacial score (nSPS) is 25.6. The molecular formula is C11H21NO2.